The standard InChI is InChI=1S/C38H50N6O7/c1-3-49-24-30-8-6-15-43(30)28-11-16-41(17-12-28)35(45)33(23-26-21-25(2)34-32(22-26)50-37(47)40-34)51-38(48)42-18-13-29(14-19-42)44-20-10-27-7-4-5-9-31(27)39-36(44)46/h4-5,7,9,21-22,28-30,33H,3,6,8,10-20,23-24H2,1-2H3,(H,39,46)(H,40,47)/t30-,33-/m1/s1. The fourth-order valence-electron chi connectivity index (χ4n) is 8.49. The minimum Gasteiger partial charge on any atom is -0.436 e. The number of carbonyl (C=O) groups excluding carboxylic acids is 3. The molecule has 2 aromatic carbocycles. The third kappa shape index (κ3) is 7.79. The van der Waals surface area contributed by atoms with Gasteiger partial charge in [0.1, 0.15) is 0 Å². The third-order valence-corrected chi connectivity index (χ3v) is 11.2. The summed E-state index contributed by atoms with van der Waals surface area (Å²) in [5, 5.41) is 3.05. The van der Waals surface area contributed by atoms with Crippen molar-refractivity contribution in [2.75, 3.05) is 57.8 Å². The molecule has 4 aliphatic rings. The topological polar surface area (TPSA) is 141 Å². The van der Waals surface area contributed by atoms with E-state index in [1.807, 2.05) is 54.0 Å². The summed E-state index contributed by atoms with van der Waals surface area (Å²) in [6, 6.07) is 12.2. The Balaban J connectivity index is 1.01. The van der Waals surface area contributed by atoms with Gasteiger partial charge in [0, 0.05) is 69.6 Å². The number of aromatic nitrogens is 1. The van der Waals surface area contributed by atoms with E-state index in [-0.39, 0.29) is 24.4 Å². The van der Waals surface area contributed by atoms with Gasteiger partial charge in [0.15, 0.2) is 11.7 Å². The molecule has 0 bridgehead atoms. The number of hydrogen-bond donors (Lipinski definition) is 2. The van der Waals surface area contributed by atoms with E-state index in [9.17, 15) is 19.2 Å². The van der Waals surface area contributed by atoms with Gasteiger partial charge in [0.05, 0.1) is 12.1 Å². The van der Waals surface area contributed by atoms with Crippen LogP contribution >= 0.6 is 0 Å². The molecule has 3 aromatic rings. The van der Waals surface area contributed by atoms with E-state index in [4.69, 9.17) is 13.9 Å². The van der Waals surface area contributed by atoms with Crippen LogP contribution in [-0.4, -0.2) is 119 Å². The maximum Gasteiger partial charge on any atom is 0.417 e. The van der Waals surface area contributed by atoms with Crippen LogP contribution in [-0.2, 0) is 27.1 Å². The molecule has 5 heterocycles. The summed E-state index contributed by atoms with van der Waals surface area (Å²) < 4.78 is 17.2. The summed E-state index contributed by atoms with van der Waals surface area (Å²) in [4.78, 5) is 63.6. The van der Waals surface area contributed by atoms with Gasteiger partial charge in [-0.1, -0.05) is 24.3 Å². The first kappa shape index (κ1) is 35.1. The number of rotatable bonds is 9. The number of hydrogen-bond acceptors (Lipinski definition) is 8. The van der Waals surface area contributed by atoms with Crippen molar-refractivity contribution in [1.29, 1.82) is 0 Å². The van der Waals surface area contributed by atoms with E-state index < -0.39 is 18.0 Å². The number of benzene rings is 2. The van der Waals surface area contributed by atoms with Gasteiger partial charge in [0.2, 0.25) is 0 Å². The van der Waals surface area contributed by atoms with Gasteiger partial charge in [-0.15, -0.1) is 0 Å². The highest BCUT2D eigenvalue weighted by Gasteiger charge is 2.38. The highest BCUT2D eigenvalue weighted by molar-refractivity contribution is 5.91. The molecule has 0 unspecified atom stereocenters. The van der Waals surface area contributed by atoms with Crippen molar-refractivity contribution in [3.63, 3.8) is 0 Å². The number of H-pyrrole nitrogens is 1. The highest BCUT2D eigenvalue weighted by Crippen LogP contribution is 2.29. The normalized spacial score (nSPS) is 21.4. The maximum atomic E-state index is 14.2. The number of oxazole rings is 1. The molecule has 0 spiro atoms. The second kappa shape index (κ2) is 15.5. The number of anilines is 1. The zero-order valence-corrected chi connectivity index (χ0v) is 29.7. The molecule has 3 fully saturated rings. The van der Waals surface area contributed by atoms with Crippen molar-refractivity contribution in [2.24, 2.45) is 0 Å². The van der Waals surface area contributed by atoms with Crippen LogP contribution in [0.3, 0.4) is 0 Å². The predicted molar refractivity (Wildman–Crippen MR) is 192 cm³/mol. The van der Waals surface area contributed by atoms with E-state index in [0.29, 0.717) is 75.4 Å². The molecule has 51 heavy (non-hydrogen) atoms. The molecule has 13 nitrogen and oxygen atoms in total. The lowest BCUT2D eigenvalue weighted by Gasteiger charge is -2.40. The number of likely N-dealkylation sites (tertiary alicyclic amines) is 3. The molecule has 0 aliphatic carbocycles. The molecule has 2 N–H and O–H groups in total. The number of fused-ring (bicyclic) bond motifs is 2. The molecular weight excluding hydrogens is 652 g/mol. The van der Waals surface area contributed by atoms with Gasteiger partial charge >= 0.3 is 17.9 Å². The zero-order chi connectivity index (χ0) is 35.5. The number of ether oxygens (including phenoxy) is 2. The van der Waals surface area contributed by atoms with Crippen molar-refractivity contribution >= 4 is 34.8 Å². The van der Waals surface area contributed by atoms with Gasteiger partial charge in [-0.05, 0) is 94.2 Å². The van der Waals surface area contributed by atoms with Crippen molar-refractivity contribution in [3.8, 4) is 0 Å². The molecule has 13 heteroatoms. The van der Waals surface area contributed by atoms with E-state index in [1.54, 1.807) is 11.0 Å². The first-order valence-electron chi connectivity index (χ1n) is 18.6. The number of nitrogens with one attached hydrogen (secondary N) is 2. The summed E-state index contributed by atoms with van der Waals surface area (Å²) >= 11 is 0. The van der Waals surface area contributed by atoms with Crippen LogP contribution < -0.4 is 11.1 Å². The predicted octanol–water partition coefficient (Wildman–Crippen LogP) is 4.52. The summed E-state index contributed by atoms with van der Waals surface area (Å²) in [6.45, 7) is 9.05. The molecule has 1 aromatic heterocycles. The van der Waals surface area contributed by atoms with Crippen LogP contribution in [0.15, 0.2) is 45.6 Å². The maximum absolute atomic E-state index is 14.2. The summed E-state index contributed by atoms with van der Waals surface area (Å²) in [5.74, 6) is -0.752. The number of para-hydroxylation sites is 1. The molecule has 4 amide bonds. The molecule has 4 aliphatic heterocycles. The zero-order valence-electron chi connectivity index (χ0n) is 29.7. The monoisotopic (exact) mass is 702 g/mol. The SMILES string of the molecule is CCOC[C@H]1CCCN1C1CCN(C(=O)[C@@H](Cc2cc(C)c3[nH]c(=O)oc3c2)OC(=O)N2CCC(N3CCc4ccccc4NC3=O)CC2)CC1. The van der Waals surface area contributed by atoms with Gasteiger partial charge in [0.25, 0.3) is 5.91 Å². The number of urea groups is 1. The van der Waals surface area contributed by atoms with Crippen molar-refractivity contribution in [2.45, 2.75) is 89.4 Å². The lowest BCUT2D eigenvalue weighted by Crippen LogP contribution is -2.53. The smallest absolute Gasteiger partial charge is 0.417 e. The van der Waals surface area contributed by atoms with Crippen LogP contribution in [0.1, 0.15) is 62.1 Å². The average molecular weight is 703 g/mol. The molecule has 3 saturated heterocycles. The van der Waals surface area contributed by atoms with E-state index >= 15 is 0 Å². The average Bonchev–Trinajstić information content (AvgIpc) is 3.73. The third-order valence-electron chi connectivity index (χ3n) is 11.2. The summed E-state index contributed by atoms with van der Waals surface area (Å²) in [5.41, 5.74) is 4.53. The second-order valence-corrected chi connectivity index (χ2v) is 14.4. The Morgan fingerprint density at radius 3 is 2.47 bits per heavy atom. The quantitative estimate of drug-likeness (QED) is 0.332. The Morgan fingerprint density at radius 2 is 1.69 bits per heavy atom. The van der Waals surface area contributed by atoms with Crippen LogP contribution in [0.5, 0.6) is 0 Å². The minimum atomic E-state index is -1.04. The van der Waals surface area contributed by atoms with Crippen LogP contribution in [0.25, 0.3) is 11.1 Å². The van der Waals surface area contributed by atoms with Crippen LogP contribution in [0, 0.1) is 6.92 Å². The largest absolute Gasteiger partial charge is 0.436 e. The van der Waals surface area contributed by atoms with Crippen molar-refractivity contribution in [1.82, 2.24) is 24.6 Å². The number of piperidine rings is 2. The molecule has 7 rings (SSSR count). The second-order valence-electron chi connectivity index (χ2n) is 14.4. The van der Waals surface area contributed by atoms with Gasteiger partial charge in [-0.2, -0.15) is 0 Å². The highest BCUT2D eigenvalue weighted by atomic mass is 16.6. The minimum absolute atomic E-state index is 0.00321. The van der Waals surface area contributed by atoms with Crippen LogP contribution in [0.2, 0.25) is 0 Å². The number of nitrogens with zero attached hydrogens (tertiary/aromatic N) is 4. The van der Waals surface area contributed by atoms with E-state index in [0.717, 1.165) is 67.6 Å². The Hall–Kier alpha value is -4.36. The molecule has 2 atom stereocenters. The number of aromatic amines is 1. The van der Waals surface area contributed by atoms with Crippen molar-refractivity contribution in [3.05, 3.63) is 63.6 Å². The fraction of sp³-hybridized carbons (Fsp3) is 0.579. The molecule has 274 valence electrons. The number of aryl methyl sites for hydroxylation is 1. The Kier molecular flexibility index (Phi) is 10.6. The molecular formula is C38H50N6O7. The first-order chi connectivity index (χ1) is 24.8. The summed E-state index contributed by atoms with van der Waals surface area (Å²) in [7, 11) is 0. The molecule has 0 radical (unpaired) electrons. The first-order valence-corrected chi connectivity index (χ1v) is 18.6. The van der Waals surface area contributed by atoms with Gasteiger partial charge < -0.3 is 33.9 Å². The van der Waals surface area contributed by atoms with E-state index in [2.05, 4.69) is 15.2 Å². The lowest BCUT2D eigenvalue weighted by atomic mass is 9.99. The Morgan fingerprint density at radius 1 is 0.941 bits per heavy atom. The Bertz CT molecular complexity index is 1770. The van der Waals surface area contributed by atoms with Gasteiger partial charge in [-0.25, -0.2) is 14.4 Å². The lowest BCUT2D eigenvalue weighted by molar-refractivity contribution is -0.142. The van der Waals surface area contributed by atoms with Gasteiger partial charge in [-0.3, -0.25) is 14.7 Å². The van der Waals surface area contributed by atoms with Crippen molar-refractivity contribution < 1.29 is 28.3 Å². The Labute approximate surface area is 298 Å². The summed E-state index contributed by atoms with van der Waals surface area (Å²) in [6.07, 6.45) is 4.61. The fourth-order valence-corrected chi connectivity index (χ4v) is 8.49. The number of amides is 4. The number of carbonyl (C=O) groups is 3. The van der Waals surface area contributed by atoms with Crippen LogP contribution in [0.4, 0.5) is 15.3 Å². The molecule has 0 saturated carbocycles. The van der Waals surface area contributed by atoms with E-state index in [1.165, 1.54) is 0 Å².